The fraction of sp³-hybridized carbons (Fsp3) is 0.550. The summed E-state index contributed by atoms with van der Waals surface area (Å²) in [6.07, 6.45) is 2.43. The van der Waals surface area contributed by atoms with Gasteiger partial charge < -0.3 is 15.3 Å². The van der Waals surface area contributed by atoms with Crippen LogP contribution in [0.2, 0.25) is 0 Å². The lowest BCUT2D eigenvalue weighted by atomic mass is 10.0. The molecule has 0 spiro atoms. The van der Waals surface area contributed by atoms with Crippen LogP contribution in [0.1, 0.15) is 35.4 Å². The topological polar surface area (TPSA) is 53.3 Å². The lowest BCUT2D eigenvalue weighted by molar-refractivity contribution is 0.267. The van der Waals surface area contributed by atoms with Gasteiger partial charge in [-0.15, -0.1) is 0 Å². The zero-order chi connectivity index (χ0) is 17.8. The summed E-state index contributed by atoms with van der Waals surface area (Å²) >= 11 is 0. The first-order valence-corrected chi connectivity index (χ1v) is 9.27. The third kappa shape index (κ3) is 4.22. The predicted molar refractivity (Wildman–Crippen MR) is 102 cm³/mol. The Balaban J connectivity index is 1.61. The van der Waals surface area contributed by atoms with E-state index in [4.69, 9.17) is 5.11 Å². The molecule has 1 unspecified atom stereocenters. The number of nitrogens with one attached hydrogen (secondary N) is 1. The number of hydrogen-bond acceptors (Lipinski definition) is 4. The molecule has 5 heteroatoms. The van der Waals surface area contributed by atoms with Crippen molar-refractivity contribution in [3.63, 3.8) is 0 Å². The fourth-order valence-corrected chi connectivity index (χ4v) is 3.68. The van der Waals surface area contributed by atoms with Crippen LogP contribution in [-0.4, -0.2) is 40.6 Å². The molecule has 2 aromatic rings. The molecular formula is C20H30N4O. The van der Waals surface area contributed by atoms with E-state index in [1.807, 2.05) is 4.68 Å². The highest BCUT2D eigenvalue weighted by atomic mass is 16.3. The minimum absolute atomic E-state index is 0.128. The number of piperidine rings is 1. The fourth-order valence-electron chi connectivity index (χ4n) is 3.68. The average Bonchev–Trinajstić information content (AvgIpc) is 2.88. The Morgan fingerprint density at radius 3 is 2.68 bits per heavy atom. The van der Waals surface area contributed by atoms with Crippen molar-refractivity contribution in [2.24, 2.45) is 0 Å². The van der Waals surface area contributed by atoms with Crippen LogP contribution in [0.25, 0.3) is 0 Å². The second kappa shape index (κ2) is 8.02. The highest BCUT2D eigenvalue weighted by molar-refractivity contribution is 5.48. The molecule has 1 aliphatic rings. The molecule has 0 radical (unpaired) electrons. The average molecular weight is 342 g/mol. The van der Waals surface area contributed by atoms with Crippen LogP contribution in [0.4, 0.5) is 5.69 Å². The van der Waals surface area contributed by atoms with Crippen molar-refractivity contribution in [3.05, 3.63) is 46.8 Å². The van der Waals surface area contributed by atoms with Crippen molar-refractivity contribution in [3.8, 4) is 0 Å². The minimum atomic E-state index is 0.128. The number of rotatable bonds is 6. The molecular weight excluding hydrogens is 312 g/mol. The van der Waals surface area contributed by atoms with Crippen molar-refractivity contribution in [2.75, 3.05) is 24.6 Å². The monoisotopic (exact) mass is 342 g/mol. The highest BCUT2D eigenvalue weighted by Crippen LogP contribution is 2.21. The van der Waals surface area contributed by atoms with E-state index >= 15 is 0 Å². The highest BCUT2D eigenvalue weighted by Gasteiger charge is 2.21. The molecule has 1 saturated heterocycles. The quantitative estimate of drug-likeness (QED) is 0.847. The molecule has 1 aromatic carbocycles. The maximum absolute atomic E-state index is 9.15. The molecule has 1 atom stereocenters. The molecule has 1 aromatic heterocycles. The Morgan fingerprint density at radius 2 is 1.96 bits per heavy atom. The molecule has 0 saturated carbocycles. The Labute approximate surface area is 150 Å². The first-order valence-electron chi connectivity index (χ1n) is 9.27. The minimum Gasteiger partial charge on any atom is -0.394 e. The molecule has 0 bridgehead atoms. The van der Waals surface area contributed by atoms with Crippen molar-refractivity contribution >= 4 is 5.69 Å². The molecule has 2 heterocycles. The zero-order valence-electron chi connectivity index (χ0n) is 15.6. The van der Waals surface area contributed by atoms with E-state index in [1.54, 1.807) is 0 Å². The van der Waals surface area contributed by atoms with E-state index in [2.05, 4.69) is 60.4 Å². The van der Waals surface area contributed by atoms with Crippen LogP contribution in [0, 0.1) is 20.8 Å². The lowest BCUT2D eigenvalue weighted by Gasteiger charge is -2.35. The van der Waals surface area contributed by atoms with Gasteiger partial charge in [0.1, 0.15) is 0 Å². The number of nitrogens with zero attached hydrogens (tertiary/aromatic N) is 3. The lowest BCUT2D eigenvalue weighted by Crippen LogP contribution is -2.45. The van der Waals surface area contributed by atoms with E-state index in [0.717, 1.165) is 31.0 Å². The second-order valence-corrected chi connectivity index (χ2v) is 7.10. The van der Waals surface area contributed by atoms with Crippen molar-refractivity contribution in [1.82, 2.24) is 15.1 Å². The van der Waals surface area contributed by atoms with Crippen LogP contribution in [0.15, 0.2) is 24.3 Å². The van der Waals surface area contributed by atoms with Gasteiger partial charge in [-0.05, 0) is 45.7 Å². The Bertz CT molecular complexity index is 692. The van der Waals surface area contributed by atoms with E-state index in [9.17, 15) is 0 Å². The summed E-state index contributed by atoms with van der Waals surface area (Å²) in [5.41, 5.74) is 6.11. The third-order valence-corrected chi connectivity index (χ3v) is 5.23. The molecule has 3 rings (SSSR count). The van der Waals surface area contributed by atoms with Crippen LogP contribution in [-0.2, 0) is 13.1 Å². The second-order valence-electron chi connectivity index (χ2n) is 7.10. The van der Waals surface area contributed by atoms with Crippen molar-refractivity contribution in [1.29, 1.82) is 0 Å². The maximum atomic E-state index is 9.15. The number of aliphatic hydroxyl groups excluding tert-OH is 1. The Morgan fingerprint density at radius 1 is 1.20 bits per heavy atom. The largest absolute Gasteiger partial charge is 0.394 e. The standard InChI is InChI=1S/C20H30N4O/c1-15-6-8-19(9-7-15)23-10-4-5-18(14-23)21-13-20-16(2)22-24(11-12-25)17(20)3/h6-9,18,21,25H,4-5,10-14H2,1-3H3. The summed E-state index contributed by atoms with van der Waals surface area (Å²) in [7, 11) is 0. The van der Waals surface area contributed by atoms with Gasteiger partial charge >= 0.3 is 0 Å². The number of aryl methyl sites for hydroxylation is 2. The smallest absolute Gasteiger partial charge is 0.0644 e. The molecule has 0 aliphatic carbocycles. The van der Waals surface area contributed by atoms with Gasteiger partial charge in [0.2, 0.25) is 0 Å². The van der Waals surface area contributed by atoms with Gasteiger partial charge in [-0.25, -0.2) is 0 Å². The zero-order valence-corrected chi connectivity index (χ0v) is 15.6. The van der Waals surface area contributed by atoms with Gasteiger partial charge in [-0.2, -0.15) is 5.10 Å². The SMILES string of the molecule is Cc1ccc(N2CCCC(NCc3c(C)nn(CCO)c3C)C2)cc1. The van der Waals surface area contributed by atoms with Crippen LogP contribution in [0.5, 0.6) is 0 Å². The van der Waals surface area contributed by atoms with E-state index < -0.39 is 0 Å². The Hall–Kier alpha value is -1.85. The first kappa shape index (κ1) is 18.0. The summed E-state index contributed by atoms with van der Waals surface area (Å²) in [6, 6.07) is 9.33. The molecule has 0 amide bonds. The van der Waals surface area contributed by atoms with Crippen LogP contribution in [0.3, 0.4) is 0 Å². The summed E-state index contributed by atoms with van der Waals surface area (Å²) in [4.78, 5) is 2.48. The third-order valence-electron chi connectivity index (χ3n) is 5.23. The molecule has 2 N–H and O–H groups in total. The first-order chi connectivity index (χ1) is 12.1. The number of anilines is 1. The maximum Gasteiger partial charge on any atom is 0.0644 e. The molecule has 136 valence electrons. The van der Waals surface area contributed by atoms with Crippen LogP contribution < -0.4 is 10.2 Å². The number of benzene rings is 1. The van der Waals surface area contributed by atoms with Crippen LogP contribution >= 0.6 is 0 Å². The van der Waals surface area contributed by atoms with Gasteiger partial charge in [0, 0.05) is 42.6 Å². The summed E-state index contributed by atoms with van der Waals surface area (Å²) in [6.45, 7) is 9.99. The predicted octanol–water partition coefficient (Wildman–Crippen LogP) is 2.56. The van der Waals surface area contributed by atoms with E-state index in [1.165, 1.54) is 29.7 Å². The van der Waals surface area contributed by atoms with Crippen molar-refractivity contribution in [2.45, 2.75) is 52.7 Å². The number of aromatic nitrogens is 2. The van der Waals surface area contributed by atoms with Gasteiger partial charge in [0.15, 0.2) is 0 Å². The van der Waals surface area contributed by atoms with E-state index in [0.29, 0.717) is 12.6 Å². The molecule has 5 nitrogen and oxygen atoms in total. The van der Waals surface area contributed by atoms with E-state index in [-0.39, 0.29) is 6.61 Å². The number of aliphatic hydroxyl groups is 1. The number of hydrogen-bond donors (Lipinski definition) is 2. The van der Waals surface area contributed by atoms with Gasteiger partial charge in [0.25, 0.3) is 0 Å². The molecule has 25 heavy (non-hydrogen) atoms. The molecule has 1 fully saturated rings. The summed E-state index contributed by atoms with van der Waals surface area (Å²) < 4.78 is 1.91. The van der Waals surface area contributed by atoms with Gasteiger partial charge in [0.05, 0.1) is 18.8 Å². The van der Waals surface area contributed by atoms with Gasteiger partial charge in [-0.1, -0.05) is 17.7 Å². The summed E-state index contributed by atoms with van der Waals surface area (Å²) in [5, 5.41) is 17.4. The van der Waals surface area contributed by atoms with Gasteiger partial charge in [-0.3, -0.25) is 4.68 Å². The summed E-state index contributed by atoms with van der Waals surface area (Å²) in [5.74, 6) is 0. The van der Waals surface area contributed by atoms with Crippen molar-refractivity contribution < 1.29 is 5.11 Å². The normalized spacial score (nSPS) is 17.9. The molecule has 1 aliphatic heterocycles. The Kier molecular flexibility index (Phi) is 5.76.